The SMILES string of the molecule is CCC(C)C(NC(=O)C(Cc1ccccc1)NC(=O)C(N)C(C)C)C(=O)NC(CCSC)C(=O)O. The van der Waals surface area contributed by atoms with Crippen LogP contribution in [-0.4, -0.2) is 65.0 Å². The van der Waals surface area contributed by atoms with E-state index in [2.05, 4.69) is 16.0 Å². The predicted molar refractivity (Wildman–Crippen MR) is 139 cm³/mol. The summed E-state index contributed by atoms with van der Waals surface area (Å²) < 4.78 is 0. The van der Waals surface area contributed by atoms with E-state index in [0.29, 0.717) is 12.2 Å². The first-order valence-electron chi connectivity index (χ1n) is 11.9. The highest BCUT2D eigenvalue weighted by molar-refractivity contribution is 7.98. The average Bonchev–Trinajstić information content (AvgIpc) is 2.83. The number of carbonyl (C=O) groups is 4. The molecule has 5 unspecified atom stereocenters. The number of rotatable bonds is 15. The molecule has 6 N–H and O–H groups in total. The molecule has 0 saturated carbocycles. The lowest BCUT2D eigenvalue weighted by atomic mass is 9.96. The molecule has 0 aromatic heterocycles. The van der Waals surface area contributed by atoms with E-state index in [1.165, 1.54) is 11.8 Å². The van der Waals surface area contributed by atoms with Crippen LogP contribution in [0.4, 0.5) is 0 Å². The molecule has 3 amide bonds. The van der Waals surface area contributed by atoms with E-state index in [1.807, 2.05) is 64.3 Å². The minimum Gasteiger partial charge on any atom is -0.480 e. The van der Waals surface area contributed by atoms with E-state index in [-0.39, 0.29) is 24.7 Å². The molecular formula is C25H40N4O5S. The van der Waals surface area contributed by atoms with Gasteiger partial charge in [0, 0.05) is 6.42 Å². The van der Waals surface area contributed by atoms with Crippen molar-refractivity contribution >= 4 is 35.5 Å². The standard InChI is InChI=1S/C25H40N4O5S/c1-6-16(4)21(24(32)27-18(25(33)34)12-13-35-5)29-22(30)19(14-17-10-8-7-9-11-17)28-23(31)20(26)15(2)3/h7-11,15-16,18-21H,6,12-14,26H2,1-5H3,(H,27,32)(H,28,31)(H,29,30)(H,33,34). The number of aliphatic carboxylic acids is 1. The summed E-state index contributed by atoms with van der Waals surface area (Å²) in [6, 6.07) is 5.45. The fourth-order valence-electron chi connectivity index (χ4n) is 3.34. The second-order valence-electron chi connectivity index (χ2n) is 9.07. The van der Waals surface area contributed by atoms with Crippen LogP contribution >= 0.6 is 11.8 Å². The number of carboxylic acid groups (broad SMARTS) is 1. The molecule has 9 nitrogen and oxygen atoms in total. The second-order valence-corrected chi connectivity index (χ2v) is 10.1. The lowest BCUT2D eigenvalue weighted by molar-refractivity contribution is -0.142. The molecule has 1 aromatic carbocycles. The third kappa shape index (κ3) is 10.3. The minimum absolute atomic E-state index is 0.122. The van der Waals surface area contributed by atoms with Crippen LogP contribution in [0.5, 0.6) is 0 Å². The van der Waals surface area contributed by atoms with Gasteiger partial charge in [0.05, 0.1) is 6.04 Å². The van der Waals surface area contributed by atoms with Gasteiger partial charge >= 0.3 is 5.97 Å². The van der Waals surface area contributed by atoms with Gasteiger partial charge in [-0.2, -0.15) is 11.8 Å². The molecule has 0 bridgehead atoms. The predicted octanol–water partition coefficient (Wildman–Crippen LogP) is 1.55. The Hall–Kier alpha value is -2.59. The van der Waals surface area contributed by atoms with Gasteiger partial charge in [-0.05, 0) is 35.8 Å². The Morgan fingerprint density at radius 3 is 2.06 bits per heavy atom. The largest absolute Gasteiger partial charge is 0.480 e. The van der Waals surface area contributed by atoms with Gasteiger partial charge in [0.15, 0.2) is 0 Å². The van der Waals surface area contributed by atoms with Crippen LogP contribution in [0.3, 0.4) is 0 Å². The molecule has 1 aromatic rings. The van der Waals surface area contributed by atoms with Crippen molar-refractivity contribution in [3.05, 3.63) is 35.9 Å². The monoisotopic (exact) mass is 508 g/mol. The van der Waals surface area contributed by atoms with Gasteiger partial charge in [-0.3, -0.25) is 14.4 Å². The van der Waals surface area contributed by atoms with E-state index < -0.39 is 47.9 Å². The van der Waals surface area contributed by atoms with E-state index in [1.54, 1.807) is 0 Å². The molecular weight excluding hydrogens is 468 g/mol. The van der Waals surface area contributed by atoms with Crippen LogP contribution in [0.25, 0.3) is 0 Å². The van der Waals surface area contributed by atoms with Crippen LogP contribution in [0.1, 0.15) is 46.1 Å². The zero-order chi connectivity index (χ0) is 26.5. The maximum Gasteiger partial charge on any atom is 0.326 e. The normalized spacial score (nSPS) is 15.4. The van der Waals surface area contributed by atoms with E-state index in [9.17, 15) is 24.3 Å². The summed E-state index contributed by atoms with van der Waals surface area (Å²) in [4.78, 5) is 50.7. The molecule has 1 rings (SSSR count). The molecule has 35 heavy (non-hydrogen) atoms. The number of carbonyl (C=O) groups excluding carboxylic acids is 3. The molecule has 5 atom stereocenters. The number of hydrogen-bond donors (Lipinski definition) is 5. The van der Waals surface area contributed by atoms with Gasteiger partial charge < -0.3 is 26.8 Å². The Labute approximate surface area is 212 Å². The van der Waals surface area contributed by atoms with Crippen molar-refractivity contribution < 1.29 is 24.3 Å². The summed E-state index contributed by atoms with van der Waals surface area (Å²) in [5, 5.41) is 17.5. The van der Waals surface area contributed by atoms with Crippen molar-refractivity contribution in [3.63, 3.8) is 0 Å². The van der Waals surface area contributed by atoms with E-state index >= 15 is 0 Å². The molecule has 0 aliphatic rings. The molecule has 0 radical (unpaired) electrons. The lowest BCUT2D eigenvalue weighted by Gasteiger charge is -2.28. The third-order valence-corrected chi connectivity index (χ3v) is 6.60. The number of amides is 3. The van der Waals surface area contributed by atoms with Crippen LogP contribution < -0.4 is 21.7 Å². The Bertz CT molecular complexity index is 836. The van der Waals surface area contributed by atoms with Gasteiger partial charge in [-0.15, -0.1) is 0 Å². The summed E-state index contributed by atoms with van der Waals surface area (Å²) in [5.41, 5.74) is 6.81. The second kappa shape index (κ2) is 15.4. The maximum absolute atomic E-state index is 13.3. The Balaban J connectivity index is 3.11. The van der Waals surface area contributed by atoms with Crippen LogP contribution in [-0.2, 0) is 25.6 Å². The van der Waals surface area contributed by atoms with Gasteiger partial charge in [-0.1, -0.05) is 64.4 Å². The Kier molecular flexibility index (Phi) is 13.4. The lowest BCUT2D eigenvalue weighted by Crippen LogP contribution is -2.59. The Morgan fingerprint density at radius 1 is 0.943 bits per heavy atom. The Morgan fingerprint density at radius 2 is 1.54 bits per heavy atom. The summed E-state index contributed by atoms with van der Waals surface area (Å²) in [6.07, 6.45) is 2.91. The molecule has 0 spiro atoms. The summed E-state index contributed by atoms with van der Waals surface area (Å²) in [7, 11) is 0. The topological polar surface area (TPSA) is 151 Å². The number of benzene rings is 1. The highest BCUT2D eigenvalue weighted by Gasteiger charge is 2.33. The smallest absolute Gasteiger partial charge is 0.326 e. The first-order chi connectivity index (χ1) is 16.5. The summed E-state index contributed by atoms with van der Waals surface area (Å²) in [5.74, 6) is -2.50. The van der Waals surface area contributed by atoms with Crippen molar-refractivity contribution in [1.82, 2.24) is 16.0 Å². The molecule has 0 heterocycles. The number of hydrogen-bond acceptors (Lipinski definition) is 6. The van der Waals surface area contributed by atoms with Gasteiger partial charge in [0.1, 0.15) is 18.1 Å². The first-order valence-corrected chi connectivity index (χ1v) is 13.3. The summed E-state index contributed by atoms with van der Waals surface area (Å²) >= 11 is 1.48. The molecule has 196 valence electrons. The fourth-order valence-corrected chi connectivity index (χ4v) is 3.81. The number of nitrogens with two attached hydrogens (primary N) is 1. The van der Waals surface area contributed by atoms with Crippen molar-refractivity contribution in [2.75, 3.05) is 12.0 Å². The van der Waals surface area contributed by atoms with Crippen molar-refractivity contribution in [3.8, 4) is 0 Å². The van der Waals surface area contributed by atoms with Crippen LogP contribution in [0.2, 0.25) is 0 Å². The van der Waals surface area contributed by atoms with Crippen molar-refractivity contribution in [1.29, 1.82) is 0 Å². The fraction of sp³-hybridized carbons (Fsp3) is 0.600. The molecule has 0 aliphatic carbocycles. The van der Waals surface area contributed by atoms with E-state index in [0.717, 1.165) is 5.56 Å². The van der Waals surface area contributed by atoms with Gasteiger partial charge in [0.25, 0.3) is 0 Å². The highest BCUT2D eigenvalue weighted by atomic mass is 32.2. The molecule has 10 heteroatoms. The molecule has 0 saturated heterocycles. The van der Waals surface area contributed by atoms with E-state index in [4.69, 9.17) is 5.73 Å². The number of nitrogens with one attached hydrogen (secondary N) is 3. The van der Waals surface area contributed by atoms with Gasteiger partial charge in [0.2, 0.25) is 17.7 Å². The third-order valence-electron chi connectivity index (χ3n) is 5.96. The minimum atomic E-state index is -1.13. The maximum atomic E-state index is 13.3. The van der Waals surface area contributed by atoms with Crippen LogP contribution in [0, 0.1) is 11.8 Å². The first kappa shape index (κ1) is 30.4. The average molecular weight is 509 g/mol. The highest BCUT2D eigenvalue weighted by Crippen LogP contribution is 2.12. The number of carboxylic acids is 1. The number of thioether (sulfide) groups is 1. The quantitative estimate of drug-likeness (QED) is 0.241. The molecule has 0 aliphatic heterocycles. The summed E-state index contributed by atoms with van der Waals surface area (Å²) in [6.45, 7) is 7.32. The van der Waals surface area contributed by atoms with Gasteiger partial charge in [-0.25, -0.2) is 4.79 Å². The van der Waals surface area contributed by atoms with Crippen molar-refractivity contribution in [2.24, 2.45) is 17.6 Å². The zero-order valence-electron chi connectivity index (χ0n) is 21.2. The van der Waals surface area contributed by atoms with Crippen LogP contribution in [0.15, 0.2) is 30.3 Å². The molecule has 0 fully saturated rings. The van der Waals surface area contributed by atoms with Crippen molar-refractivity contribution in [2.45, 2.75) is 71.1 Å². The zero-order valence-corrected chi connectivity index (χ0v) is 22.1.